The first-order chi connectivity index (χ1) is 28.6. The average Bonchev–Trinajstić information content (AvgIpc) is 3.77. The summed E-state index contributed by atoms with van der Waals surface area (Å²) in [5, 5.41) is 5.22. The highest BCUT2D eigenvalue weighted by molar-refractivity contribution is 7.00. The maximum atomic E-state index is 4.74. The maximum Gasteiger partial charge on any atom is 0.252 e. The maximum absolute atomic E-state index is 4.74. The van der Waals surface area contributed by atoms with Crippen molar-refractivity contribution in [3.05, 3.63) is 157 Å². The Morgan fingerprint density at radius 3 is 1.36 bits per heavy atom. The largest absolute Gasteiger partial charge is 0.310 e. The lowest BCUT2D eigenvalue weighted by Crippen LogP contribution is -2.59. The zero-order valence-corrected chi connectivity index (χ0v) is 34.2. The third-order valence-electron chi connectivity index (χ3n) is 13.0. The zero-order valence-electron chi connectivity index (χ0n) is 34.2. The molecule has 0 aliphatic carbocycles. The Balaban J connectivity index is 1.27. The Morgan fingerprint density at radius 1 is 0.458 bits per heavy atom. The standard InChI is InChI=1S/C53H42BN5/c1-52(2,3)38-19-21-40-49-46(38)36-25-33(31-13-9-7-10-14-31)17-23-42(36)58(49)44-27-35(51-56-29-55-30-57-51)28-45-48(44)54(40)41-22-20-39(53(4,5)6)47-37-26-34(32-15-11-8-12-16-32)18-24-43(37)59(45)50(41)47/h7-30H,1-6H3. The van der Waals surface area contributed by atoms with Gasteiger partial charge in [0.2, 0.25) is 0 Å². The predicted molar refractivity (Wildman–Crippen MR) is 247 cm³/mol. The summed E-state index contributed by atoms with van der Waals surface area (Å²) in [5.41, 5.74) is 19.7. The predicted octanol–water partition coefficient (Wildman–Crippen LogP) is 10.8. The molecule has 282 valence electrons. The van der Waals surface area contributed by atoms with Crippen LogP contribution in [0.25, 0.3) is 88.6 Å². The average molecular weight is 760 g/mol. The van der Waals surface area contributed by atoms with Gasteiger partial charge in [0.15, 0.2) is 5.82 Å². The Hall–Kier alpha value is -6.79. The number of fused-ring (bicyclic) bond motifs is 10. The minimum Gasteiger partial charge on any atom is -0.310 e. The van der Waals surface area contributed by atoms with E-state index in [2.05, 4.69) is 189 Å². The van der Waals surface area contributed by atoms with Gasteiger partial charge >= 0.3 is 0 Å². The summed E-state index contributed by atoms with van der Waals surface area (Å²) in [7, 11) is 0. The van der Waals surface area contributed by atoms with Crippen LogP contribution in [0, 0.1) is 0 Å². The number of rotatable bonds is 3. The molecule has 5 heterocycles. The highest BCUT2D eigenvalue weighted by Gasteiger charge is 2.43. The number of nitrogens with zero attached hydrogens (tertiary/aromatic N) is 5. The first kappa shape index (κ1) is 34.3. The van der Waals surface area contributed by atoms with Gasteiger partial charge in [0, 0.05) is 49.5 Å². The van der Waals surface area contributed by atoms with Crippen molar-refractivity contribution in [2.45, 2.75) is 52.4 Å². The summed E-state index contributed by atoms with van der Waals surface area (Å²) in [6.07, 6.45) is 3.21. The Morgan fingerprint density at radius 2 is 0.915 bits per heavy atom. The molecule has 0 fully saturated rings. The molecule has 0 saturated heterocycles. The number of hydrogen-bond donors (Lipinski definition) is 0. The summed E-state index contributed by atoms with van der Waals surface area (Å²) in [5.74, 6) is 0.664. The Labute approximate surface area is 344 Å². The minimum atomic E-state index is -0.0877. The van der Waals surface area contributed by atoms with Gasteiger partial charge in [0.1, 0.15) is 12.7 Å². The van der Waals surface area contributed by atoms with E-state index in [9.17, 15) is 0 Å². The van der Waals surface area contributed by atoms with Crippen LogP contribution in [-0.2, 0) is 10.8 Å². The highest BCUT2D eigenvalue weighted by Crippen LogP contribution is 2.46. The lowest BCUT2D eigenvalue weighted by Gasteiger charge is -2.35. The van der Waals surface area contributed by atoms with Gasteiger partial charge in [-0.3, -0.25) is 0 Å². The van der Waals surface area contributed by atoms with Crippen LogP contribution in [0.5, 0.6) is 0 Å². The fourth-order valence-electron chi connectivity index (χ4n) is 10.5. The van der Waals surface area contributed by atoms with E-state index >= 15 is 0 Å². The van der Waals surface area contributed by atoms with Crippen LogP contribution >= 0.6 is 0 Å². The SMILES string of the molecule is CC(C)(C)c1ccc2c3c1c1cc(-c4ccccc4)ccc1n3-c1cc(-c3ncncn3)cc3c1B2c1ccc(C(C)(C)C)c2c4cc(-c5ccccc5)ccc4n-3c12. The van der Waals surface area contributed by atoms with Gasteiger partial charge in [-0.15, -0.1) is 0 Å². The third kappa shape index (κ3) is 4.77. The summed E-state index contributed by atoms with van der Waals surface area (Å²) in [6.45, 7) is 14.1. The van der Waals surface area contributed by atoms with Gasteiger partial charge in [0.05, 0.1) is 11.0 Å². The van der Waals surface area contributed by atoms with E-state index in [1.54, 1.807) is 12.7 Å². The summed E-state index contributed by atoms with van der Waals surface area (Å²) >= 11 is 0. The summed E-state index contributed by atoms with van der Waals surface area (Å²) < 4.78 is 5.13. The lowest BCUT2D eigenvalue weighted by molar-refractivity contribution is 0.596. The van der Waals surface area contributed by atoms with Crippen LogP contribution in [-0.4, -0.2) is 30.8 Å². The van der Waals surface area contributed by atoms with E-state index in [1.165, 1.54) is 105 Å². The minimum absolute atomic E-state index is 0.0104. The molecular formula is C53H42BN5. The topological polar surface area (TPSA) is 48.5 Å². The molecule has 0 amide bonds. The Bertz CT molecular complexity index is 3180. The number of aromatic nitrogens is 5. The van der Waals surface area contributed by atoms with Crippen LogP contribution in [0.4, 0.5) is 0 Å². The molecule has 3 aromatic heterocycles. The van der Waals surface area contributed by atoms with Crippen LogP contribution in [0.2, 0.25) is 0 Å². The van der Waals surface area contributed by atoms with Gasteiger partial charge in [-0.05, 0) is 97.0 Å². The van der Waals surface area contributed by atoms with E-state index < -0.39 is 0 Å². The molecule has 2 aliphatic rings. The molecule has 10 aromatic rings. The van der Waals surface area contributed by atoms with E-state index in [0.717, 1.165) is 5.56 Å². The normalized spacial score (nSPS) is 13.2. The van der Waals surface area contributed by atoms with Gasteiger partial charge < -0.3 is 9.13 Å². The second kappa shape index (κ2) is 11.9. The van der Waals surface area contributed by atoms with Gasteiger partial charge in [-0.25, -0.2) is 15.0 Å². The molecule has 0 spiro atoms. The lowest BCUT2D eigenvalue weighted by atomic mass is 9.34. The van der Waals surface area contributed by atoms with E-state index in [0.29, 0.717) is 5.82 Å². The van der Waals surface area contributed by atoms with Crippen LogP contribution in [0.15, 0.2) is 146 Å². The van der Waals surface area contributed by atoms with Crippen molar-refractivity contribution in [3.8, 4) is 45.0 Å². The van der Waals surface area contributed by atoms with E-state index in [4.69, 9.17) is 9.97 Å². The van der Waals surface area contributed by atoms with Crippen molar-refractivity contribution in [2.75, 3.05) is 0 Å². The molecule has 5 nitrogen and oxygen atoms in total. The molecule has 0 unspecified atom stereocenters. The van der Waals surface area contributed by atoms with Gasteiger partial charge in [-0.1, -0.05) is 139 Å². The summed E-state index contributed by atoms with van der Waals surface area (Å²) in [6, 6.07) is 50.1. The monoisotopic (exact) mass is 759 g/mol. The molecule has 2 aliphatic heterocycles. The molecule has 0 N–H and O–H groups in total. The highest BCUT2D eigenvalue weighted by atomic mass is 15.0. The molecule has 59 heavy (non-hydrogen) atoms. The molecule has 0 atom stereocenters. The molecule has 6 heteroatoms. The van der Waals surface area contributed by atoms with Crippen molar-refractivity contribution in [3.63, 3.8) is 0 Å². The van der Waals surface area contributed by atoms with Crippen molar-refractivity contribution in [1.82, 2.24) is 24.1 Å². The molecule has 0 saturated carbocycles. The fourth-order valence-corrected chi connectivity index (χ4v) is 10.5. The Kier molecular flexibility index (Phi) is 6.91. The number of benzene rings is 7. The van der Waals surface area contributed by atoms with Crippen LogP contribution in [0.3, 0.4) is 0 Å². The van der Waals surface area contributed by atoms with E-state index in [-0.39, 0.29) is 17.5 Å². The third-order valence-corrected chi connectivity index (χ3v) is 13.0. The van der Waals surface area contributed by atoms with Gasteiger partial charge in [0.25, 0.3) is 6.71 Å². The molecule has 0 bridgehead atoms. The van der Waals surface area contributed by atoms with Crippen molar-refractivity contribution >= 4 is 66.7 Å². The van der Waals surface area contributed by atoms with Crippen molar-refractivity contribution < 1.29 is 0 Å². The number of hydrogen-bond acceptors (Lipinski definition) is 3. The first-order valence-corrected chi connectivity index (χ1v) is 20.7. The quantitative estimate of drug-likeness (QED) is 0.169. The van der Waals surface area contributed by atoms with Crippen molar-refractivity contribution in [1.29, 1.82) is 0 Å². The second-order valence-electron chi connectivity index (χ2n) is 18.5. The fraction of sp³-hybridized carbons (Fsp3) is 0.151. The molecular weight excluding hydrogens is 717 g/mol. The molecule has 7 aromatic carbocycles. The van der Waals surface area contributed by atoms with Crippen LogP contribution < -0.4 is 16.4 Å². The summed E-state index contributed by atoms with van der Waals surface area (Å²) in [4.78, 5) is 13.7. The smallest absolute Gasteiger partial charge is 0.252 e. The zero-order chi connectivity index (χ0) is 39.9. The molecule has 0 radical (unpaired) electrons. The van der Waals surface area contributed by atoms with Crippen molar-refractivity contribution in [2.24, 2.45) is 0 Å². The van der Waals surface area contributed by atoms with Crippen LogP contribution in [0.1, 0.15) is 52.7 Å². The van der Waals surface area contributed by atoms with E-state index in [1.807, 2.05) is 0 Å². The molecule has 12 rings (SSSR count). The first-order valence-electron chi connectivity index (χ1n) is 20.7. The second-order valence-corrected chi connectivity index (χ2v) is 18.5. The van der Waals surface area contributed by atoms with Gasteiger partial charge in [-0.2, -0.15) is 0 Å².